The number of aromatic nitrogens is 3. The first kappa shape index (κ1) is 13.8. The van der Waals surface area contributed by atoms with Crippen molar-refractivity contribution in [2.75, 3.05) is 50.2 Å². The van der Waals surface area contributed by atoms with E-state index in [0.717, 1.165) is 32.6 Å². The third-order valence-electron chi connectivity index (χ3n) is 2.95. The molecule has 0 saturated carbocycles. The van der Waals surface area contributed by atoms with Crippen LogP contribution in [0, 0.1) is 0 Å². The maximum Gasteiger partial charge on any atom is 0.323 e. The maximum atomic E-state index is 5.46. The Morgan fingerprint density at radius 1 is 1.21 bits per heavy atom. The van der Waals surface area contributed by atoms with Crippen LogP contribution in [-0.2, 0) is 0 Å². The molecule has 1 saturated heterocycles. The van der Waals surface area contributed by atoms with Gasteiger partial charge in [-0.25, -0.2) is 5.84 Å². The van der Waals surface area contributed by atoms with Gasteiger partial charge in [-0.1, -0.05) is 6.92 Å². The number of nitrogens with one attached hydrogen (secondary N) is 1. The molecule has 2 rings (SSSR count). The van der Waals surface area contributed by atoms with Crippen LogP contribution in [0.5, 0.6) is 6.01 Å². The van der Waals surface area contributed by atoms with E-state index in [9.17, 15) is 0 Å². The van der Waals surface area contributed by atoms with Crippen LogP contribution in [0.1, 0.15) is 13.3 Å². The monoisotopic (exact) mass is 267 g/mol. The van der Waals surface area contributed by atoms with Gasteiger partial charge in [-0.05, 0) is 13.5 Å². The molecular formula is C11H21N7O. The molecule has 1 aromatic heterocycles. The number of hydrazine groups is 1. The number of piperazine rings is 1. The molecule has 2 heterocycles. The van der Waals surface area contributed by atoms with Crippen molar-refractivity contribution in [2.24, 2.45) is 5.84 Å². The average Bonchev–Trinajstić information content (AvgIpc) is 2.45. The van der Waals surface area contributed by atoms with Crippen LogP contribution in [-0.4, -0.2) is 59.7 Å². The van der Waals surface area contributed by atoms with Crippen LogP contribution in [0.2, 0.25) is 0 Å². The predicted molar refractivity (Wildman–Crippen MR) is 73.1 cm³/mol. The molecule has 1 aliphatic rings. The lowest BCUT2D eigenvalue weighted by atomic mass is 10.3. The summed E-state index contributed by atoms with van der Waals surface area (Å²) in [5, 5.41) is 0. The van der Waals surface area contributed by atoms with Gasteiger partial charge in [0.05, 0.1) is 6.61 Å². The summed E-state index contributed by atoms with van der Waals surface area (Å²) in [5.41, 5.74) is 2.45. The molecule has 1 fully saturated rings. The standard InChI is InChI=1S/C11H21N7O/c1-3-8-19-11-14-9(16-12)13-10(15-11)18-6-4-17(2)5-7-18/h3-8,12H2,1-2H3,(H,13,14,15,16). The van der Waals surface area contributed by atoms with Gasteiger partial charge < -0.3 is 14.5 Å². The van der Waals surface area contributed by atoms with Crippen molar-refractivity contribution < 1.29 is 4.74 Å². The Balaban J connectivity index is 2.14. The highest BCUT2D eigenvalue weighted by molar-refractivity contribution is 5.38. The molecule has 106 valence electrons. The number of rotatable bonds is 5. The summed E-state index contributed by atoms with van der Waals surface area (Å²) < 4.78 is 5.46. The van der Waals surface area contributed by atoms with E-state index in [2.05, 4.69) is 37.2 Å². The van der Waals surface area contributed by atoms with Gasteiger partial charge in [-0.3, -0.25) is 5.43 Å². The Morgan fingerprint density at radius 3 is 2.58 bits per heavy atom. The van der Waals surface area contributed by atoms with Crippen LogP contribution in [0.3, 0.4) is 0 Å². The molecule has 0 radical (unpaired) electrons. The smallest absolute Gasteiger partial charge is 0.323 e. The van der Waals surface area contributed by atoms with Crippen molar-refractivity contribution in [2.45, 2.75) is 13.3 Å². The zero-order valence-electron chi connectivity index (χ0n) is 11.5. The minimum atomic E-state index is 0.318. The minimum absolute atomic E-state index is 0.318. The molecule has 8 heteroatoms. The van der Waals surface area contributed by atoms with Crippen molar-refractivity contribution in [1.82, 2.24) is 19.9 Å². The zero-order valence-corrected chi connectivity index (χ0v) is 11.5. The highest BCUT2D eigenvalue weighted by atomic mass is 16.5. The molecule has 0 atom stereocenters. The Hall–Kier alpha value is -1.67. The Labute approximate surface area is 112 Å². The molecule has 3 N–H and O–H groups in total. The number of ether oxygens (including phenoxy) is 1. The second-order valence-electron chi connectivity index (χ2n) is 4.52. The summed E-state index contributed by atoms with van der Waals surface area (Å²) in [6.07, 6.45) is 0.904. The van der Waals surface area contributed by atoms with Gasteiger partial charge in [0.15, 0.2) is 0 Å². The highest BCUT2D eigenvalue weighted by Gasteiger charge is 2.18. The molecule has 0 bridgehead atoms. The number of hydrogen-bond donors (Lipinski definition) is 2. The fourth-order valence-electron chi connectivity index (χ4n) is 1.82. The molecule has 1 aromatic rings. The van der Waals surface area contributed by atoms with E-state index in [1.165, 1.54) is 0 Å². The fourth-order valence-corrected chi connectivity index (χ4v) is 1.82. The lowest BCUT2D eigenvalue weighted by Gasteiger charge is -2.32. The number of likely N-dealkylation sites (N-methyl/N-ethyl adjacent to an activating group) is 1. The van der Waals surface area contributed by atoms with Gasteiger partial charge in [0.25, 0.3) is 0 Å². The van der Waals surface area contributed by atoms with E-state index >= 15 is 0 Å². The van der Waals surface area contributed by atoms with Crippen LogP contribution in [0.4, 0.5) is 11.9 Å². The molecule has 0 unspecified atom stereocenters. The first-order valence-electron chi connectivity index (χ1n) is 6.52. The molecule has 0 amide bonds. The summed E-state index contributed by atoms with van der Waals surface area (Å²) >= 11 is 0. The van der Waals surface area contributed by atoms with Crippen LogP contribution < -0.4 is 20.9 Å². The van der Waals surface area contributed by atoms with Crippen molar-refractivity contribution in [3.63, 3.8) is 0 Å². The number of hydrogen-bond acceptors (Lipinski definition) is 8. The molecule has 0 aliphatic carbocycles. The summed E-state index contributed by atoms with van der Waals surface area (Å²) in [6, 6.07) is 0.318. The van der Waals surface area contributed by atoms with Crippen LogP contribution in [0.25, 0.3) is 0 Å². The molecule has 1 aliphatic heterocycles. The molecule has 19 heavy (non-hydrogen) atoms. The Bertz CT molecular complexity index is 406. The van der Waals surface area contributed by atoms with Crippen LogP contribution >= 0.6 is 0 Å². The largest absolute Gasteiger partial charge is 0.463 e. The van der Waals surface area contributed by atoms with E-state index < -0.39 is 0 Å². The molecule has 0 spiro atoms. The van der Waals surface area contributed by atoms with Crippen LogP contribution in [0.15, 0.2) is 0 Å². The van der Waals surface area contributed by atoms with Crippen molar-refractivity contribution >= 4 is 11.9 Å². The lowest BCUT2D eigenvalue weighted by molar-refractivity contribution is 0.289. The van der Waals surface area contributed by atoms with E-state index in [0.29, 0.717) is 24.5 Å². The van der Waals surface area contributed by atoms with Crippen molar-refractivity contribution in [1.29, 1.82) is 0 Å². The van der Waals surface area contributed by atoms with Gasteiger partial charge in [0.2, 0.25) is 11.9 Å². The second kappa shape index (κ2) is 6.48. The van der Waals surface area contributed by atoms with E-state index in [-0.39, 0.29) is 0 Å². The highest BCUT2D eigenvalue weighted by Crippen LogP contribution is 2.16. The van der Waals surface area contributed by atoms with Gasteiger partial charge in [0.1, 0.15) is 0 Å². The second-order valence-corrected chi connectivity index (χ2v) is 4.52. The normalized spacial score (nSPS) is 16.5. The fraction of sp³-hybridized carbons (Fsp3) is 0.727. The van der Waals surface area contributed by atoms with Crippen molar-refractivity contribution in [3.8, 4) is 6.01 Å². The quantitative estimate of drug-likeness (QED) is 0.555. The zero-order chi connectivity index (χ0) is 13.7. The third kappa shape index (κ3) is 3.65. The van der Waals surface area contributed by atoms with Gasteiger partial charge in [-0.15, -0.1) is 0 Å². The summed E-state index contributed by atoms with van der Waals surface area (Å²) in [5.74, 6) is 6.32. The molecule has 0 aromatic carbocycles. The SMILES string of the molecule is CCCOc1nc(NN)nc(N2CCN(C)CC2)n1. The van der Waals surface area contributed by atoms with Gasteiger partial charge >= 0.3 is 6.01 Å². The van der Waals surface area contributed by atoms with E-state index in [1.807, 2.05) is 6.92 Å². The summed E-state index contributed by atoms with van der Waals surface area (Å²) in [4.78, 5) is 17.1. The topological polar surface area (TPSA) is 92.4 Å². The maximum absolute atomic E-state index is 5.46. The summed E-state index contributed by atoms with van der Waals surface area (Å²) in [6.45, 7) is 6.36. The minimum Gasteiger partial charge on any atom is -0.463 e. The Morgan fingerprint density at radius 2 is 1.95 bits per heavy atom. The average molecular weight is 267 g/mol. The predicted octanol–water partition coefficient (Wildman–Crippen LogP) is -0.302. The molecular weight excluding hydrogens is 246 g/mol. The van der Waals surface area contributed by atoms with E-state index in [4.69, 9.17) is 10.6 Å². The first-order valence-corrected chi connectivity index (χ1v) is 6.52. The van der Waals surface area contributed by atoms with E-state index in [1.54, 1.807) is 0 Å². The van der Waals surface area contributed by atoms with Gasteiger partial charge in [0, 0.05) is 26.2 Å². The Kier molecular flexibility index (Phi) is 4.69. The number of nitrogen functional groups attached to an aromatic ring is 1. The third-order valence-corrected chi connectivity index (χ3v) is 2.95. The lowest BCUT2D eigenvalue weighted by Crippen LogP contribution is -2.45. The number of nitrogens with two attached hydrogens (primary N) is 1. The number of anilines is 2. The summed E-state index contributed by atoms with van der Waals surface area (Å²) in [7, 11) is 2.10. The first-order chi connectivity index (χ1) is 9.22. The number of nitrogens with zero attached hydrogens (tertiary/aromatic N) is 5. The molecule has 8 nitrogen and oxygen atoms in total. The van der Waals surface area contributed by atoms with Crippen molar-refractivity contribution in [3.05, 3.63) is 0 Å². The van der Waals surface area contributed by atoms with Gasteiger partial charge in [-0.2, -0.15) is 15.0 Å².